The van der Waals surface area contributed by atoms with Crippen molar-refractivity contribution in [2.75, 3.05) is 31.1 Å². The molecule has 0 bridgehead atoms. The van der Waals surface area contributed by atoms with Crippen LogP contribution in [0.15, 0.2) is 67.4 Å². The van der Waals surface area contributed by atoms with Crippen LogP contribution >= 0.6 is 0 Å². The Morgan fingerprint density at radius 3 is 2.27 bits per heavy atom. The lowest BCUT2D eigenvalue weighted by Crippen LogP contribution is -2.45. The molecule has 0 saturated carbocycles. The van der Waals surface area contributed by atoms with Crippen LogP contribution in [0.3, 0.4) is 0 Å². The smallest absolute Gasteiger partial charge is 0.237 e. The third kappa shape index (κ3) is 4.15. The van der Waals surface area contributed by atoms with Crippen molar-refractivity contribution in [3.05, 3.63) is 72.9 Å². The summed E-state index contributed by atoms with van der Waals surface area (Å²) in [6, 6.07) is 12.3. The molecule has 2 aromatic heterocycles. The molecular formula is C20H21N5O. The Balaban J connectivity index is 1.30. The fourth-order valence-corrected chi connectivity index (χ4v) is 3.10. The zero-order valence-corrected chi connectivity index (χ0v) is 14.5. The van der Waals surface area contributed by atoms with Crippen molar-refractivity contribution >= 4 is 5.69 Å². The van der Waals surface area contributed by atoms with Crippen LogP contribution in [0, 0.1) is 0 Å². The van der Waals surface area contributed by atoms with E-state index in [9.17, 15) is 0 Å². The van der Waals surface area contributed by atoms with E-state index in [2.05, 4.69) is 49.0 Å². The van der Waals surface area contributed by atoms with Gasteiger partial charge in [0.25, 0.3) is 0 Å². The van der Waals surface area contributed by atoms with Crippen LogP contribution in [0.25, 0.3) is 0 Å². The number of hydrogen-bond donors (Lipinski definition) is 0. The highest BCUT2D eigenvalue weighted by molar-refractivity contribution is 5.45. The highest BCUT2D eigenvalue weighted by Gasteiger charge is 2.17. The van der Waals surface area contributed by atoms with Gasteiger partial charge < -0.3 is 9.64 Å². The molecule has 1 saturated heterocycles. The summed E-state index contributed by atoms with van der Waals surface area (Å²) in [5.74, 6) is 1.28. The Morgan fingerprint density at radius 1 is 0.808 bits per heavy atom. The molecule has 0 radical (unpaired) electrons. The average molecular weight is 347 g/mol. The molecule has 1 fully saturated rings. The molecule has 6 heteroatoms. The Kier molecular flexibility index (Phi) is 5.02. The number of anilines is 1. The average Bonchev–Trinajstić information content (AvgIpc) is 2.72. The first-order valence-corrected chi connectivity index (χ1v) is 8.77. The van der Waals surface area contributed by atoms with Crippen molar-refractivity contribution in [1.82, 2.24) is 19.9 Å². The summed E-state index contributed by atoms with van der Waals surface area (Å²) in [6.07, 6.45) is 8.56. The van der Waals surface area contributed by atoms with Gasteiger partial charge in [-0.25, -0.2) is 4.98 Å². The lowest BCUT2D eigenvalue weighted by atomic mass is 10.2. The standard InChI is InChI=1S/C20H21N5O/c1-3-19(26-20-15-22-9-10-23-20)4-2-17(1)16-24-11-13-25(14-12-24)18-5-7-21-8-6-18/h1-10,15H,11-14,16H2. The molecule has 3 heterocycles. The summed E-state index contributed by atoms with van der Waals surface area (Å²) < 4.78 is 5.69. The highest BCUT2D eigenvalue weighted by Crippen LogP contribution is 2.20. The van der Waals surface area contributed by atoms with Crippen molar-refractivity contribution in [3.63, 3.8) is 0 Å². The van der Waals surface area contributed by atoms with Crippen LogP contribution in [0.4, 0.5) is 5.69 Å². The molecule has 132 valence electrons. The van der Waals surface area contributed by atoms with Gasteiger partial charge in [0.15, 0.2) is 0 Å². The van der Waals surface area contributed by atoms with Crippen molar-refractivity contribution in [3.8, 4) is 11.6 Å². The molecule has 0 spiro atoms. The van der Waals surface area contributed by atoms with E-state index in [1.165, 1.54) is 11.3 Å². The van der Waals surface area contributed by atoms with E-state index >= 15 is 0 Å². The lowest BCUT2D eigenvalue weighted by molar-refractivity contribution is 0.250. The van der Waals surface area contributed by atoms with E-state index in [4.69, 9.17) is 4.74 Å². The van der Waals surface area contributed by atoms with Gasteiger partial charge in [-0.15, -0.1) is 0 Å². The summed E-state index contributed by atoms with van der Waals surface area (Å²) >= 11 is 0. The number of piperazine rings is 1. The van der Waals surface area contributed by atoms with Crippen LogP contribution in [-0.4, -0.2) is 46.0 Å². The Labute approximate surface area is 153 Å². The van der Waals surface area contributed by atoms with E-state index in [1.807, 2.05) is 24.5 Å². The lowest BCUT2D eigenvalue weighted by Gasteiger charge is -2.36. The van der Waals surface area contributed by atoms with Crippen LogP contribution in [0.2, 0.25) is 0 Å². The monoisotopic (exact) mass is 347 g/mol. The van der Waals surface area contributed by atoms with Crippen molar-refractivity contribution in [2.45, 2.75) is 6.54 Å². The van der Waals surface area contributed by atoms with Gasteiger partial charge in [0.2, 0.25) is 5.88 Å². The molecule has 6 nitrogen and oxygen atoms in total. The first-order valence-electron chi connectivity index (χ1n) is 8.77. The summed E-state index contributed by atoms with van der Waals surface area (Å²) in [5, 5.41) is 0. The molecule has 0 N–H and O–H groups in total. The van der Waals surface area contributed by atoms with Crippen molar-refractivity contribution in [2.24, 2.45) is 0 Å². The summed E-state index contributed by atoms with van der Waals surface area (Å²) in [6.45, 7) is 5.14. The normalized spacial score (nSPS) is 15.0. The Bertz CT molecular complexity index is 803. The number of aromatic nitrogens is 3. The maximum absolute atomic E-state index is 5.69. The number of hydrogen-bond acceptors (Lipinski definition) is 6. The van der Waals surface area contributed by atoms with Gasteiger partial charge in [0, 0.05) is 63.2 Å². The Hall–Kier alpha value is -2.99. The molecule has 26 heavy (non-hydrogen) atoms. The van der Waals surface area contributed by atoms with E-state index in [1.54, 1.807) is 18.6 Å². The largest absolute Gasteiger partial charge is 0.438 e. The van der Waals surface area contributed by atoms with Gasteiger partial charge >= 0.3 is 0 Å². The second-order valence-corrected chi connectivity index (χ2v) is 6.26. The molecule has 0 atom stereocenters. The first-order chi connectivity index (χ1) is 12.9. The molecule has 0 unspecified atom stereocenters. The quantitative estimate of drug-likeness (QED) is 0.707. The van der Waals surface area contributed by atoms with Gasteiger partial charge in [0.05, 0.1) is 6.20 Å². The molecule has 1 aliphatic heterocycles. The minimum Gasteiger partial charge on any atom is -0.438 e. The highest BCUT2D eigenvalue weighted by atomic mass is 16.5. The maximum atomic E-state index is 5.69. The third-order valence-electron chi connectivity index (χ3n) is 4.49. The van der Waals surface area contributed by atoms with Gasteiger partial charge in [-0.1, -0.05) is 12.1 Å². The predicted molar refractivity (Wildman–Crippen MR) is 100 cm³/mol. The maximum Gasteiger partial charge on any atom is 0.237 e. The number of benzene rings is 1. The van der Waals surface area contributed by atoms with Crippen LogP contribution < -0.4 is 9.64 Å². The number of rotatable bonds is 5. The van der Waals surface area contributed by atoms with Gasteiger partial charge in [-0.2, -0.15) is 0 Å². The molecular weight excluding hydrogens is 326 g/mol. The van der Waals surface area contributed by atoms with E-state index < -0.39 is 0 Å². The van der Waals surface area contributed by atoms with Crippen molar-refractivity contribution < 1.29 is 4.74 Å². The first kappa shape index (κ1) is 16.5. The predicted octanol–water partition coefficient (Wildman–Crippen LogP) is 2.99. The minimum atomic E-state index is 0.507. The molecule has 0 aliphatic carbocycles. The summed E-state index contributed by atoms with van der Waals surface area (Å²) in [4.78, 5) is 17.1. The van der Waals surface area contributed by atoms with Crippen LogP contribution in [0.1, 0.15) is 5.56 Å². The van der Waals surface area contributed by atoms with Gasteiger partial charge in [0.1, 0.15) is 5.75 Å². The number of nitrogens with zero attached hydrogens (tertiary/aromatic N) is 5. The van der Waals surface area contributed by atoms with E-state index in [0.29, 0.717) is 5.88 Å². The topological polar surface area (TPSA) is 54.4 Å². The minimum absolute atomic E-state index is 0.507. The molecule has 0 amide bonds. The summed E-state index contributed by atoms with van der Waals surface area (Å²) in [7, 11) is 0. The number of ether oxygens (including phenoxy) is 1. The molecule has 3 aromatic rings. The fourth-order valence-electron chi connectivity index (χ4n) is 3.10. The zero-order valence-electron chi connectivity index (χ0n) is 14.5. The van der Waals surface area contributed by atoms with Crippen LogP contribution in [-0.2, 0) is 6.54 Å². The van der Waals surface area contributed by atoms with E-state index in [0.717, 1.165) is 38.5 Å². The van der Waals surface area contributed by atoms with Crippen LogP contribution in [0.5, 0.6) is 11.6 Å². The molecule has 1 aromatic carbocycles. The molecule has 1 aliphatic rings. The SMILES string of the molecule is c1cc(N2CCN(Cc3ccc(Oc4cnccn4)cc3)CC2)ccn1. The Morgan fingerprint density at radius 2 is 1.58 bits per heavy atom. The third-order valence-corrected chi connectivity index (χ3v) is 4.49. The van der Waals surface area contributed by atoms with Gasteiger partial charge in [-0.3, -0.25) is 14.9 Å². The fraction of sp³-hybridized carbons (Fsp3) is 0.250. The number of pyridine rings is 1. The van der Waals surface area contributed by atoms with Crippen molar-refractivity contribution in [1.29, 1.82) is 0 Å². The summed E-state index contributed by atoms with van der Waals surface area (Å²) in [5.41, 5.74) is 2.54. The second-order valence-electron chi connectivity index (χ2n) is 6.26. The second kappa shape index (κ2) is 7.93. The zero-order chi connectivity index (χ0) is 17.6. The molecule has 4 rings (SSSR count). The van der Waals surface area contributed by atoms with E-state index in [-0.39, 0.29) is 0 Å². The van der Waals surface area contributed by atoms with Gasteiger partial charge in [-0.05, 0) is 29.8 Å².